The molecule has 1 unspecified atom stereocenters. The van der Waals surface area contributed by atoms with Gasteiger partial charge in [0.2, 0.25) is 0 Å². The fraction of sp³-hybridized carbons (Fsp3) is 0.105. The van der Waals surface area contributed by atoms with E-state index >= 15 is 0 Å². The van der Waals surface area contributed by atoms with Gasteiger partial charge in [0.25, 0.3) is 0 Å². The van der Waals surface area contributed by atoms with E-state index in [-0.39, 0.29) is 0 Å². The molecule has 0 saturated carbocycles. The third-order valence-corrected chi connectivity index (χ3v) is 5.22. The second-order valence-electron chi connectivity index (χ2n) is 5.57. The molecule has 1 atom stereocenters. The van der Waals surface area contributed by atoms with Crippen molar-refractivity contribution < 1.29 is 13.4 Å². The first-order valence-electron chi connectivity index (χ1n) is 7.77. The molecule has 3 rings (SSSR count). The molecule has 25 heavy (non-hydrogen) atoms. The van der Waals surface area contributed by atoms with Crippen LogP contribution in [0.2, 0.25) is 0 Å². The number of nitrogens with one attached hydrogen (secondary N) is 1. The van der Waals surface area contributed by atoms with Gasteiger partial charge < -0.3 is 11.1 Å². The maximum absolute atomic E-state index is 13.4. The molecule has 3 aromatic rings. The van der Waals surface area contributed by atoms with Gasteiger partial charge in [0.15, 0.2) is 0 Å². The predicted octanol–water partition coefficient (Wildman–Crippen LogP) is 3.36. The summed E-state index contributed by atoms with van der Waals surface area (Å²) < 4.78 is 26.0. The maximum atomic E-state index is 13.4. The van der Waals surface area contributed by atoms with Crippen LogP contribution in [0.3, 0.4) is 0 Å². The van der Waals surface area contributed by atoms with Crippen LogP contribution in [0, 0.1) is 5.82 Å². The SMILES string of the molecule is NC(=O)NCCc1cccc2cc(S(=O)c3cccc(F)c3)ccc12. The summed E-state index contributed by atoms with van der Waals surface area (Å²) in [6.45, 7) is 0.450. The second kappa shape index (κ2) is 7.44. The van der Waals surface area contributed by atoms with E-state index in [0.29, 0.717) is 22.8 Å². The highest BCUT2D eigenvalue weighted by Gasteiger charge is 2.10. The van der Waals surface area contributed by atoms with Crippen molar-refractivity contribution in [1.29, 1.82) is 0 Å². The quantitative estimate of drug-likeness (QED) is 0.736. The van der Waals surface area contributed by atoms with Gasteiger partial charge in [-0.05, 0) is 53.1 Å². The number of hydrogen-bond acceptors (Lipinski definition) is 2. The lowest BCUT2D eigenvalue weighted by Crippen LogP contribution is -2.30. The van der Waals surface area contributed by atoms with Gasteiger partial charge in [0.05, 0.1) is 10.8 Å². The minimum Gasteiger partial charge on any atom is -0.352 e. The Morgan fingerprint density at radius 3 is 2.56 bits per heavy atom. The lowest BCUT2D eigenvalue weighted by atomic mass is 10.0. The summed E-state index contributed by atoms with van der Waals surface area (Å²) in [6.07, 6.45) is 0.645. The average molecular weight is 356 g/mol. The Hall–Kier alpha value is -2.73. The highest BCUT2D eigenvalue weighted by Crippen LogP contribution is 2.25. The van der Waals surface area contributed by atoms with Crippen molar-refractivity contribution in [2.45, 2.75) is 16.2 Å². The minimum absolute atomic E-state index is 0.407. The van der Waals surface area contributed by atoms with Crippen molar-refractivity contribution in [3.63, 3.8) is 0 Å². The smallest absolute Gasteiger partial charge is 0.312 e. The van der Waals surface area contributed by atoms with Gasteiger partial charge in [0, 0.05) is 16.3 Å². The summed E-state index contributed by atoms with van der Waals surface area (Å²) in [7, 11) is -1.44. The summed E-state index contributed by atoms with van der Waals surface area (Å²) in [5.74, 6) is -0.407. The van der Waals surface area contributed by atoms with Crippen LogP contribution in [0.4, 0.5) is 9.18 Å². The molecule has 2 amide bonds. The van der Waals surface area contributed by atoms with Crippen molar-refractivity contribution in [3.8, 4) is 0 Å². The lowest BCUT2D eigenvalue weighted by Gasteiger charge is -2.09. The van der Waals surface area contributed by atoms with Gasteiger partial charge in [-0.3, -0.25) is 0 Å². The first-order chi connectivity index (χ1) is 12.0. The Morgan fingerprint density at radius 2 is 1.80 bits per heavy atom. The van der Waals surface area contributed by atoms with Crippen molar-refractivity contribution in [2.75, 3.05) is 6.54 Å². The third-order valence-electron chi connectivity index (χ3n) is 3.86. The molecule has 3 aromatic carbocycles. The van der Waals surface area contributed by atoms with Crippen LogP contribution in [0.25, 0.3) is 10.8 Å². The molecule has 0 aliphatic carbocycles. The summed E-state index contributed by atoms with van der Waals surface area (Å²) in [6, 6.07) is 16.6. The van der Waals surface area contributed by atoms with E-state index in [1.807, 2.05) is 30.3 Å². The van der Waals surface area contributed by atoms with Crippen molar-refractivity contribution in [3.05, 3.63) is 72.0 Å². The fourth-order valence-corrected chi connectivity index (χ4v) is 3.82. The van der Waals surface area contributed by atoms with E-state index in [0.717, 1.165) is 16.3 Å². The molecule has 0 aliphatic rings. The first-order valence-corrected chi connectivity index (χ1v) is 8.92. The zero-order valence-electron chi connectivity index (χ0n) is 13.4. The number of carbonyl (C=O) groups excluding carboxylic acids is 1. The van der Waals surface area contributed by atoms with Gasteiger partial charge in [-0.25, -0.2) is 13.4 Å². The maximum Gasteiger partial charge on any atom is 0.312 e. The number of urea groups is 1. The molecule has 6 heteroatoms. The fourth-order valence-electron chi connectivity index (χ4n) is 2.70. The highest BCUT2D eigenvalue weighted by molar-refractivity contribution is 7.85. The highest BCUT2D eigenvalue weighted by atomic mass is 32.2. The van der Waals surface area contributed by atoms with Crippen LogP contribution in [0.15, 0.2) is 70.5 Å². The molecule has 0 spiro atoms. The Bertz CT molecular complexity index is 959. The molecule has 0 aromatic heterocycles. The number of primary amides is 1. The molecular weight excluding hydrogens is 339 g/mol. The van der Waals surface area contributed by atoms with Crippen LogP contribution in [0.1, 0.15) is 5.56 Å². The third kappa shape index (κ3) is 4.03. The number of benzene rings is 3. The van der Waals surface area contributed by atoms with E-state index in [4.69, 9.17) is 5.73 Å². The summed E-state index contributed by atoms with van der Waals surface area (Å²) in [4.78, 5) is 11.8. The molecule has 128 valence electrons. The number of amides is 2. The molecule has 0 fully saturated rings. The standard InChI is InChI=1S/C19H17FN2O2S/c20-15-5-2-6-16(12-15)25(24)17-7-8-18-13(9-10-22-19(21)23)3-1-4-14(18)11-17/h1-8,11-12H,9-10H2,(H3,21,22,23). The number of carbonyl (C=O) groups is 1. The van der Waals surface area contributed by atoms with E-state index < -0.39 is 22.6 Å². The van der Waals surface area contributed by atoms with E-state index in [1.165, 1.54) is 12.1 Å². The molecule has 0 heterocycles. The largest absolute Gasteiger partial charge is 0.352 e. The lowest BCUT2D eigenvalue weighted by molar-refractivity contribution is 0.249. The summed E-state index contributed by atoms with van der Waals surface area (Å²) >= 11 is 0. The molecule has 0 saturated heterocycles. The molecule has 4 nitrogen and oxygen atoms in total. The Morgan fingerprint density at radius 1 is 1.04 bits per heavy atom. The van der Waals surface area contributed by atoms with E-state index in [9.17, 15) is 13.4 Å². The Labute approximate surface area is 147 Å². The number of nitrogens with two attached hydrogens (primary N) is 1. The topological polar surface area (TPSA) is 72.2 Å². The van der Waals surface area contributed by atoms with Gasteiger partial charge >= 0.3 is 6.03 Å². The Kier molecular flexibility index (Phi) is 5.09. The monoisotopic (exact) mass is 356 g/mol. The normalized spacial score (nSPS) is 12.0. The zero-order chi connectivity index (χ0) is 17.8. The summed E-state index contributed by atoms with van der Waals surface area (Å²) in [5.41, 5.74) is 6.14. The summed E-state index contributed by atoms with van der Waals surface area (Å²) in [5, 5.41) is 4.54. The first kappa shape index (κ1) is 17.1. The second-order valence-corrected chi connectivity index (χ2v) is 7.05. The van der Waals surface area contributed by atoms with Gasteiger partial charge in [0.1, 0.15) is 5.82 Å². The Balaban J connectivity index is 1.90. The van der Waals surface area contributed by atoms with Gasteiger partial charge in [-0.15, -0.1) is 0 Å². The van der Waals surface area contributed by atoms with Crippen LogP contribution in [0.5, 0.6) is 0 Å². The van der Waals surface area contributed by atoms with Crippen molar-refractivity contribution in [2.24, 2.45) is 5.73 Å². The van der Waals surface area contributed by atoms with Crippen LogP contribution in [-0.4, -0.2) is 16.8 Å². The molecular formula is C19H17FN2O2S. The van der Waals surface area contributed by atoms with Gasteiger partial charge in [-0.2, -0.15) is 0 Å². The zero-order valence-corrected chi connectivity index (χ0v) is 14.2. The molecule has 0 bridgehead atoms. The van der Waals surface area contributed by atoms with Crippen LogP contribution in [-0.2, 0) is 17.2 Å². The van der Waals surface area contributed by atoms with E-state index in [1.54, 1.807) is 18.2 Å². The molecule has 0 aliphatic heterocycles. The number of fused-ring (bicyclic) bond motifs is 1. The number of halogens is 1. The average Bonchev–Trinajstić information content (AvgIpc) is 2.60. The van der Waals surface area contributed by atoms with Crippen molar-refractivity contribution >= 4 is 27.6 Å². The number of hydrogen-bond donors (Lipinski definition) is 2. The van der Waals surface area contributed by atoms with E-state index in [2.05, 4.69) is 5.32 Å². The molecule has 3 N–H and O–H groups in total. The van der Waals surface area contributed by atoms with Crippen LogP contribution >= 0.6 is 0 Å². The van der Waals surface area contributed by atoms with Crippen LogP contribution < -0.4 is 11.1 Å². The van der Waals surface area contributed by atoms with Gasteiger partial charge in [-0.1, -0.05) is 30.3 Å². The number of rotatable bonds is 5. The minimum atomic E-state index is -1.44. The molecule has 0 radical (unpaired) electrons. The predicted molar refractivity (Wildman–Crippen MR) is 96.3 cm³/mol. The van der Waals surface area contributed by atoms with Crippen molar-refractivity contribution in [1.82, 2.24) is 5.32 Å².